The third-order valence-electron chi connectivity index (χ3n) is 2.60. The van der Waals surface area contributed by atoms with Gasteiger partial charge in [0.2, 0.25) is 0 Å². The molecule has 0 bridgehead atoms. The monoisotopic (exact) mass is 427 g/mol. The molecule has 1 heterocycles. The fraction of sp³-hybridized carbons (Fsp3) is 0.133. The predicted molar refractivity (Wildman–Crippen MR) is 98.3 cm³/mol. The first-order chi connectivity index (χ1) is 10.6. The van der Waals surface area contributed by atoms with Gasteiger partial charge in [0, 0.05) is 15.3 Å². The van der Waals surface area contributed by atoms with Crippen molar-refractivity contribution in [1.82, 2.24) is 10.3 Å². The lowest BCUT2D eigenvalue weighted by atomic mass is 10.2. The molecular weight excluding hydrogens is 413 g/mol. The van der Waals surface area contributed by atoms with Crippen LogP contribution in [0.5, 0.6) is 5.75 Å². The molecule has 2 N–H and O–H groups in total. The molecule has 0 saturated carbocycles. The molecule has 0 saturated heterocycles. The van der Waals surface area contributed by atoms with Crippen LogP contribution in [0.2, 0.25) is 0 Å². The molecule has 0 atom stereocenters. The Morgan fingerprint density at radius 2 is 2.18 bits per heavy atom. The Hall–Kier alpha value is -1.74. The van der Waals surface area contributed by atoms with E-state index in [4.69, 9.17) is 17.0 Å². The number of hydrogen-bond donors (Lipinski definition) is 2. The summed E-state index contributed by atoms with van der Waals surface area (Å²) in [4.78, 5) is 16.3. The molecule has 2 rings (SSSR count). The van der Waals surface area contributed by atoms with Gasteiger partial charge in [-0.1, -0.05) is 6.07 Å². The predicted octanol–water partition coefficient (Wildman–Crippen LogP) is 3.21. The first-order valence-electron chi connectivity index (χ1n) is 6.55. The van der Waals surface area contributed by atoms with E-state index >= 15 is 0 Å². The molecule has 0 aliphatic rings. The largest absolute Gasteiger partial charge is 0.494 e. The highest BCUT2D eigenvalue weighted by molar-refractivity contribution is 14.1. The van der Waals surface area contributed by atoms with Crippen LogP contribution in [0.25, 0.3) is 0 Å². The summed E-state index contributed by atoms with van der Waals surface area (Å²) in [5.41, 5.74) is 0.477. The summed E-state index contributed by atoms with van der Waals surface area (Å²) >= 11 is 7.28. The first-order valence-corrected chi connectivity index (χ1v) is 8.04. The summed E-state index contributed by atoms with van der Waals surface area (Å²) in [6.45, 7) is 2.43. The van der Waals surface area contributed by atoms with Crippen molar-refractivity contribution in [3.63, 3.8) is 0 Å². The summed E-state index contributed by atoms with van der Waals surface area (Å²) in [6.07, 6.45) is 1.71. The van der Waals surface area contributed by atoms with Gasteiger partial charge in [-0.05, 0) is 72.1 Å². The van der Waals surface area contributed by atoms with Crippen LogP contribution < -0.4 is 15.4 Å². The lowest BCUT2D eigenvalue weighted by molar-refractivity contribution is 0.0977. The van der Waals surface area contributed by atoms with Crippen LogP contribution in [0.3, 0.4) is 0 Å². The Balaban J connectivity index is 1.97. The maximum absolute atomic E-state index is 12.1. The van der Waals surface area contributed by atoms with Crippen LogP contribution in [-0.2, 0) is 0 Å². The Labute approximate surface area is 147 Å². The SMILES string of the molecule is CCOc1cccc(C(=O)NC(=S)Nc2ccc(I)cn2)c1. The van der Waals surface area contributed by atoms with Crippen molar-refractivity contribution in [2.45, 2.75) is 6.92 Å². The minimum atomic E-state index is -0.301. The van der Waals surface area contributed by atoms with Crippen LogP contribution in [0.4, 0.5) is 5.82 Å². The summed E-state index contributed by atoms with van der Waals surface area (Å²) in [7, 11) is 0. The summed E-state index contributed by atoms with van der Waals surface area (Å²) in [5.74, 6) is 0.923. The molecule has 2 aromatic rings. The quantitative estimate of drug-likeness (QED) is 0.580. The molecule has 1 aromatic carbocycles. The molecule has 22 heavy (non-hydrogen) atoms. The Bertz CT molecular complexity index is 677. The van der Waals surface area contributed by atoms with Crippen LogP contribution in [-0.4, -0.2) is 22.6 Å². The zero-order valence-electron chi connectivity index (χ0n) is 11.8. The molecule has 0 spiro atoms. The van der Waals surface area contributed by atoms with Gasteiger partial charge in [-0.3, -0.25) is 10.1 Å². The van der Waals surface area contributed by atoms with Crippen LogP contribution in [0, 0.1) is 3.57 Å². The molecule has 7 heteroatoms. The first kappa shape index (κ1) is 16.6. The number of nitrogens with one attached hydrogen (secondary N) is 2. The second-order valence-electron chi connectivity index (χ2n) is 4.23. The highest BCUT2D eigenvalue weighted by Gasteiger charge is 2.09. The normalized spacial score (nSPS) is 9.91. The number of ether oxygens (including phenoxy) is 1. The van der Waals surface area contributed by atoms with Gasteiger partial charge in [-0.2, -0.15) is 0 Å². The molecular formula is C15H14IN3O2S. The van der Waals surface area contributed by atoms with E-state index in [0.717, 1.165) is 3.57 Å². The summed E-state index contributed by atoms with van der Waals surface area (Å²) in [5, 5.41) is 5.67. The van der Waals surface area contributed by atoms with Gasteiger partial charge in [0.1, 0.15) is 11.6 Å². The minimum Gasteiger partial charge on any atom is -0.494 e. The zero-order chi connectivity index (χ0) is 15.9. The maximum Gasteiger partial charge on any atom is 0.257 e. The van der Waals surface area contributed by atoms with Gasteiger partial charge in [0.05, 0.1) is 6.61 Å². The van der Waals surface area contributed by atoms with Crippen molar-refractivity contribution >= 4 is 51.6 Å². The van der Waals surface area contributed by atoms with Crippen molar-refractivity contribution in [2.24, 2.45) is 0 Å². The number of halogens is 1. The Morgan fingerprint density at radius 1 is 1.36 bits per heavy atom. The van der Waals surface area contributed by atoms with Crippen molar-refractivity contribution in [1.29, 1.82) is 0 Å². The Morgan fingerprint density at radius 3 is 2.86 bits per heavy atom. The van der Waals surface area contributed by atoms with Gasteiger partial charge >= 0.3 is 0 Å². The number of hydrogen-bond acceptors (Lipinski definition) is 4. The number of carbonyl (C=O) groups is 1. The van der Waals surface area contributed by atoms with Gasteiger partial charge in [0.15, 0.2) is 5.11 Å². The fourth-order valence-corrected chi connectivity index (χ4v) is 2.18. The molecule has 1 amide bonds. The van der Waals surface area contributed by atoms with E-state index in [-0.39, 0.29) is 11.0 Å². The number of rotatable bonds is 4. The van der Waals surface area contributed by atoms with E-state index in [2.05, 4.69) is 38.2 Å². The van der Waals surface area contributed by atoms with Gasteiger partial charge in [0.25, 0.3) is 5.91 Å². The van der Waals surface area contributed by atoms with E-state index in [9.17, 15) is 4.79 Å². The number of pyridine rings is 1. The number of benzene rings is 1. The molecule has 114 valence electrons. The lowest BCUT2D eigenvalue weighted by Crippen LogP contribution is -2.34. The smallest absolute Gasteiger partial charge is 0.257 e. The van der Waals surface area contributed by atoms with E-state index < -0.39 is 0 Å². The second-order valence-corrected chi connectivity index (χ2v) is 5.88. The van der Waals surface area contributed by atoms with Crippen LogP contribution in [0.1, 0.15) is 17.3 Å². The van der Waals surface area contributed by atoms with E-state index in [1.54, 1.807) is 36.5 Å². The van der Waals surface area contributed by atoms with E-state index in [1.807, 2.05) is 13.0 Å². The average molecular weight is 427 g/mol. The highest BCUT2D eigenvalue weighted by atomic mass is 127. The van der Waals surface area contributed by atoms with Gasteiger partial charge in [-0.25, -0.2) is 4.98 Å². The summed E-state index contributed by atoms with van der Waals surface area (Å²) < 4.78 is 6.39. The number of thiocarbonyl (C=S) groups is 1. The van der Waals surface area contributed by atoms with Crippen molar-refractivity contribution in [3.8, 4) is 5.75 Å². The third kappa shape index (κ3) is 4.92. The minimum absolute atomic E-state index is 0.195. The van der Waals surface area contributed by atoms with Gasteiger partial charge in [-0.15, -0.1) is 0 Å². The maximum atomic E-state index is 12.1. The molecule has 0 radical (unpaired) electrons. The topological polar surface area (TPSA) is 63.2 Å². The average Bonchev–Trinajstić information content (AvgIpc) is 2.50. The number of anilines is 1. The zero-order valence-corrected chi connectivity index (χ0v) is 14.8. The number of carbonyl (C=O) groups excluding carboxylic acids is 1. The molecule has 0 aliphatic carbocycles. The number of nitrogens with zero attached hydrogens (tertiary/aromatic N) is 1. The lowest BCUT2D eigenvalue weighted by Gasteiger charge is -2.10. The molecule has 0 fully saturated rings. The van der Waals surface area contributed by atoms with Gasteiger partial charge < -0.3 is 10.1 Å². The molecule has 0 aliphatic heterocycles. The van der Waals surface area contributed by atoms with Crippen molar-refractivity contribution < 1.29 is 9.53 Å². The number of aromatic nitrogens is 1. The van der Waals surface area contributed by atoms with Crippen LogP contribution in [0.15, 0.2) is 42.6 Å². The van der Waals surface area contributed by atoms with Crippen molar-refractivity contribution in [2.75, 3.05) is 11.9 Å². The Kier molecular flexibility index (Phi) is 6.08. The second kappa shape index (κ2) is 8.04. The summed E-state index contributed by atoms with van der Waals surface area (Å²) in [6, 6.07) is 10.6. The van der Waals surface area contributed by atoms with Crippen LogP contribution >= 0.6 is 34.8 Å². The molecule has 1 aromatic heterocycles. The van der Waals surface area contributed by atoms with E-state index in [1.165, 1.54) is 0 Å². The standard InChI is InChI=1S/C15H14IN3O2S/c1-2-21-12-5-3-4-10(8-12)14(20)19-15(22)18-13-7-6-11(16)9-17-13/h3-9H,2H2,1H3,(H2,17,18,19,20,22). The van der Waals surface area contributed by atoms with E-state index in [0.29, 0.717) is 23.7 Å². The number of amides is 1. The molecule has 0 unspecified atom stereocenters. The molecule has 5 nitrogen and oxygen atoms in total. The third-order valence-corrected chi connectivity index (χ3v) is 3.45. The fourth-order valence-electron chi connectivity index (χ4n) is 1.67. The highest BCUT2D eigenvalue weighted by Crippen LogP contribution is 2.13. The van der Waals surface area contributed by atoms with Crippen molar-refractivity contribution in [3.05, 3.63) is 51.7 Å².